The molecule has 3 fully saturated rings. The largest absolute Gasteiger partial charge is 0.390 e. The van der Waals surface area contributed by atoms with Crippen molar-refractivity contribution in [1.29, 1.82) is 0 Å². The Bertz CT molecular complexity index is 225. The van der Waals surface area contributed by atoms with Gasteiger partial charge in [0, 0.05) is 0 Å². The summed E-state index contributed by atoms with van der Waals surface area (Å²) in [6.07, 6.45) is 7.76. The van der Waals surface area contributed by atoms with Crippen LogP contribution in [0.15, 0.2) is 0 Å². The molecule has 0 heterocycles. The first-order valence-electron chi connectivity index (χ1n) is 5.97. The van der Waals surface area contributed by atoms with Gasteiger partial charge in [0.05, 0.1) is 5.60 Å². The van der Waals surface area contributed by atoms with Gasteiger partial charge in [-0.1, -0.05) is 13.3 Å². The average Bonchev–Trinajstić information content (AvgIpc) is 2.72. The van der Waals surface area contributed by atoms with Crippen molar-refractivity contribution in [2.45, 2.75) is 51.0 Å². The SMILES string of the molecule is CC[C@@]1(O)C[C@H]2C[C@@H]1C1CCCC12. The van der Waals surface area contributed by atoms with Crippen molar-refractivity contribution in [2.75, 3.05) is 0 Å². The maximum atomic E-state index is 10.4. The Kier molecular flexibility index (Phi) is 1.59. The van der Waals surface area contributed by atoms with Gasteiger partial charge in [-0.25, -0.2) is 0 Å². The fourth-order valence-corrected chi connectivity index (χ4v) is 4.64. The zero-order valence-corrected chi connectivity index (χ0v) is 8.50. The van der Waals surface area contributed by atoms with Crippen LogP contribution in [0.4, 0.5) is 0 Å². The Hall–Kier alpha value is -0.0400. The second kappa shape index (κ2) is 2.50. The van der Waals surface area contributed by atoms with Gasteiger partial charge in [-0.15, -0.1) is 0 Å². The molecular formula is C12H20O. The normalized spacial score (nSPS) is 58.6. The summed E-state index contributed by atoms with van der Waals surface area (Å²) < 4.78 is 0. The topological polar surface area (TPSA) is 20.2 Å². The number of aliphatic hydroxyl groups is 1. The fourth-order valence-electron chi connectivity index (χ4n) is 4.64. The predicted octanol–water partition coefficient (Wildman–Crippen LogP) is 2.58. The molecule has 1 N–H and O–H groups in total. The summed E-state index contributed by atoms with van der Waals surface area (Å²) in [7, 11) is 0. The lowest BCUT2D eigenvalue weighted by Crippen LogP contribution is -2.40. The van der Waals surface area contributed by atoms with E-state index >= 15 is 0 Å². The van der Waals surface area contributed by atoms with Gasteiger partial charge in [0.25, 0.3) is 0 Å². The summed E-state index contributed by atoms with van der Waals surface area (Å²) in [6, 6.07) is 0. The highest BCUT2D eigenvalue weighted by atomic mass is 16.3. The second-order valence-corrected chi connectivity index (χ2v) is 5.52. The average molecular weight is 180 g/mol. The first kappa shape index (κ1) is 8.28. The monoisotopic (exact) mass is 180 g/mol. The van der Waals surface area contributed by atoms with E-state index in [9.17, 15) is 5.11 Å². The van der Waals surface area contributed by atoms with Crippen LogP contribution in [-0.2, 0) is 0 Å². The first-order chi connectivity index (χ1) is 6.24. The summed E-state index contributed by atoms with van der Waals surface area (Å²) in [5, 5.41) is 10.4. The first-order valence-corrected chi connectivity index (χ1v) is 5.97. The molecule has 0 aromatic heterocycles. The van der Waals surface area contributed by atoms with Crippen molar-refractivity contribution in [3.05, 3.63) is 0 Å². The molecule has 74 valence electrons. The van der Waals surface area contributed by atoms with Crippen LogP contribution >= 0.6 is 0 Å². The van der Waals surface area contributed by atoms with Crippen LogP contribution in [0.3, 0.4) is 0 Å². The van der Waals surface area contributed by atoms with Crippen LogP contribution in [0.25, 0.3) is 0 Å². The van der Waals surface area contributed by atoms with Gasteiger partial charge in [-0.3, -0.25) is 0 Å². The molecule has 0 aromatic rings. The zero-order valence-electron chi connectivity index (χ0n) is 8.50. The molecule has 3 saturated carbocycles. The number of fused-ring (bicyclic) bond motifs is 5. The Labute approximate surface area is 80.5 Å². The van der Waals surface area contributed by atoms with E-state index in [-0.39, 0.29) is 5.60 Å². The van der Waals surface area contributed by atoms with Gasteiger partial charge in [0.2, 0.25) is 0 Å². The van der Waals surface area contributed by atoms with Crippen LogP contribution in [-0.4, -0.2) is 10.7 Å². The van der Waals surface area contributed by atoms with E-state index < -0.39 is 0 Å². The molecule has 13 heavy (non-hydrogen) atoms. The minimum Gasteiger partial charge on any atom is -0.390 e. The van der Waals surface area contributed by atoms with Gasteiger partial charge in [-0.2, -0.15) is 0 Å². The quantitative estimate of drug-likeness (QED) is 0.657. The minimum absolute atomic E-state index is 0.254. The van der Waals surface area contributed by atoms with Gasteiger partial charge in [-0.05, 0) is 55.8 Å². The standard InChI is InChI=1S/C12H20O/c1-2-12(13)7-8-6-11(12)10-5-3-4-9(8)10/h8-11,13H,2-7H2,1H3/t8-,9?,10?,11-,12-/m1/s1. The molecule has 0 amide bonds. The molecule has 3 aliphatic carbocycles. The molecule has 2 unspecified atom stereocenters. The lowest BCUT2D eigenvalue weighted by Gasteiger charge is -2.38. The minimum atomic E-state index is -0.254. The van der Waals surface area contributed by atoms with E-state index in [0.29, 0.717) is 5.92 Å². The van der Waals surface area contributed by atoms with Crippen LogP contribution < -0.4 is 0 Å². The van der Waals surface area contributed by atoms with Crippen LogP contribution in [0, 0.1) is 23.7 Å². The molecule has 0 aromatic carbocycles. The Balaban J connectivity index is 1.89. The van der Waals surface area contributed by atoms with Crippen molar-refractivity contribution in [2.24, 2.45) is 23.7 Å². The third-order valence-corrected chi connectivity index (χ3v) is 5.22. The number of hydrogen-bond acceptors (Lipinski definition) is 1. The second-order valence-electron chi connectivity index (χ2n) is 5.52. The summed E-state index contributed by atoms with van der Waals surface area (Å²) in [5.41, 5.74) is -0.254. The summed E-state index contributed by atoms with van der Waals surface area (Å²) in [4.78, 5) is 0. The molecule has 0 aliphatic heterocycles. The van der Waals surface area contributed by atoms with E-state index in [2.05, 4.69) is 6.92 Å². The third-order valence-electron chi connectivity index (χ3n) is 5.22. The van der Waals surface area contributed by atoms with Crippen molar-refractivity contribution >= 4 is 0 Å². The molecule has 5 atom stereocenters. The van der Waals surface area contributed by atoms with Crippen molar-refractivity contribution in [3.63, 3.8) is 0 Å². The lowest BCUT2D eigenvalue weighted by molar-refractivity contribution is -0.0482. The van der Waals surface area contributed by atoms with Gasteiger partial charge in [0.1, 0.15) is 0 Å². The van der Waals surface area contributed by atoms with E-state index in [0.717, 1.165) is 30.6 Å². The summed E-state index contributed by atoms with van der Waals surface area (Å²) in [5.74, 6) is 3.48. The van der Waals surface area contributed by atoms with E-state index in [1.54, 1.807) is 0 Å². The maximum absolute atomic E-state index is 10.4. The Morgan fingerprint density at radius 3 is 2.85 bits per heavy atom. The fraction of sp³-hybridized carbons (Fsp3) is 1.00. The van der Waals surface area contributed by atoms with E-state index in [1.807, 2.05) is 0 Å². The third kappa shape index (κ3) is 0.918. The van der Waals surface area contributed by atoms with Gasteiger partial charge >= 0.3 is 0 Å². The van der Waals surface area contributed by atoms with Crippen LogP contribution in [0.1, 0.15) is 45.4 Å². The zero-order chi connectivity index (χ0) is 9.05. The van der Waals surface area contributed by atoms with Gasteiger partial charge in [0.15, 0.2) is 0 Å². The van der Waals surface area contributed by atoms with Gasteiger partial charge < -0.3 is 5.11 Å². The maximum Gasteiger partial charge on any atom is 0.0678 e. The smallest absolute Gasteiger partial charge is 0.0678 e. The van der Waals surface area contributed by atoms with E-state index in [4.69, 9.17) is 0 Å². The van der Waals surface area contributed by atoms with E-state index in [1.165, 1.54) is 25.7 Å². The highest BCUT2D eigenvalue weighted by molar-refractivity contribution is 5.09. The molecule has 3 rings (SSSR count). The van der Waals surface area contributed by atoms with Crippen LogP contribution in [0.2, 0.25) is 0 Å². The lowest BCUT2D eigenvalue weighted by atomic mass is 9.72. The summed E-state index contributed by atoms with van der Waals surface area (Å²) >= 11 is 0. The molecule has 0 radical (unpaired) electrons. The highest BCUT2D eigenvalue weighted by Crippen LogP contribution is 2.62. The number of rotatable bonds is 1. The van der Waals surface area contributed by atoms with Crippen LogP contribution in [0.5, 0.6) is 0 Å². The molecule has 2 bridgehead atoms. The van der Waals surface area contributed by atoms with Crippen molar-refractivity contribution in [1.82, 2.24) is 0 Å². The molecule has 3 aliphatic rings. The van der Waals surface area contributed by atoms with Crippen molar-refractivity contribution < 1.29 is 5.11 Å². The predicted molar refractivity (Wildman–Crippen MR) is 52.3 cm³/mol. The Morgan fingerprint density at radius 1 is 1.31 bits per heavy atom. The number of hydrogen-bond donors (Lipinski definition) is 1. The molecule has 0 spiro atoms. The molecule has 1 heteroatoms. The Morgan fingerprint density at radius 2 is 2.08 bits per heavy atom. The molecule has 0 saturated heterocycles. The molecular weight excluding hydrogens is 160 g/mol. The highest BCUT2D eigenvalue weighted by Gasteiger charge is 2.59. The van der Waals surface area contributed by atoms with Crippen molar-refractivity contribution in [3.8, 4) is 0 Å². The molecule has 1 nitrogen and oxygen atoms in total. The summed E-state index contributed by atoms with van der Waals surface area (Å²) in [6.45, 7) is 2.16.